The molecular weight excluding hydrogens is 418 g/mol. The zero-order valence-electron chi connectivity index (χ0n) is 19.1. The number of thiophene rings is 1. The number of hydrogen-bond acceptors (Lipinski definition) is 2. The van der Waals surface area contributed by atoms with Crippen LogP contribution < -0.4 is 14.7 Å². The number of hydrogen-bond donors (Lipinski definition) is 0. The molecule has 0 spiro atoms. The van der Waals surface area contributed by atoms with E-state index in [4.69, 9.17) is 0 Å². The van der Waals surface area contributed by atoms with Gasteiger partial charge in [-0.2, -0.15) is 0 Å². The predicted molar refractivity (Wildman–Crippen MR) is 146 cm³/mol. The van der Waals surface area contributed by atoms with Crippen molar-refractivity contribution in [3.05, 3.63) is 130 Å². The number of aryl methyl sites for hydroxylation is 1. The molecule has 0 fully saturated rings. The van der Waals surface area contributed by atoms with Gasteiger partial charge in [-0.1, -0.05) is 91.0 Å². The largest absolute Gasteiger partial charge is 0.344 e. The highest BCUT2D eigenvalue weighted by molar-refractivity contribution is 7.17. The average molecular weight is 446 g/mol. The Morgan fingerprint density at radius 3 is 2.33 bits per heavy atom. The number of allylic oxidation sites excluding steroid dienone is 4. The fraction of sp³-hybridized carbons (Fsp3) is 0.0968. The highest BCUT2D eigenvalue weighted by Gasteiger charge is 2.10. The SMILES string of the molecule is C=C1/C=C\C(c2ccccc2)=C/N(c2ccc(C)cc2)C/C=c2\c(sc3ccccc23)=C\1C. The molecule has 3 aromatic carbocycles. The van der Waals surface area contributed by atoms with E-state index in [1.807, 2.05) is 11.3 Å². The minimum Gasteiger partial charge on any atom is -0.344 e. The van der Waals surface area contributed by atoms with E-state index < -0.39 is 0 Å². The molecule has 0 saturated carbocycles. The molecule has 0 bridgehead atoms. The lowest BCUT2D eigenvalue weighted by atomic mass is 10.0. The van der Waals surface area contributed by atoms with E-state index >= 15 is 0 Å². The normalized spacial score (nSPS) is 19.7. The third-order valence-electron chi connectivity index (χ3n) is 6.18. The molecule has 1 nitrogen and oxygen atoms in total. The number of fused-ring (bicyclic) bond motifs is 3. The first-order valence-electron chi connectivity index (χ1n) is 11.3. The van der Waals surface area contributed by atoms with E-state index in [0.717, 1.165) is 17.7 Å². The zero-order chi connectivity index (χ0) is 22.8. The number of benzene rings is 3. The second kappa shape index (κ2) is 9.09. The standard InChI is InChI=1S/C31H27NS/c1-22-13-17-27(18-14-22)32-20-19-29-28-11-7-8-12-30(28)33-31(29)24(3)23(2)15-16-26(21-32)25-9-5-4-6-10-25/h4-19,21H,2,20H2,1,3H3/b16-15-,26-21+,29-19-,31-24-. The molecule has 33 heavy (non-hydrogen) atoms. The molecule has 162 valence electrons. The van der Waals surface area contributed by atoms with Gasteiger partial charge >= 0.3 is 0 Å². The topological polar surface area (TPSA) is 3.24 Å². The Morgan fingerprint density at radius 1 is 0.818 bits per heavy atom. The molecule has 0 N–H and O–H groups in total. The van der Waals surface area contributed by atoms with Crippen LogP contribution in [0.1, 0.15) is 18.1 Å². The summed E-state index contributed by atoms with van der Waals surface area (Å²) in [6.45, 7) is 9.51. The van der Waals surface area contributed by atoms with E-state index in [1.54, 1.807) is 0 Å². The molecule has 4 aromatic rings. The summed E-state index contributed by atoms with van der Waals surface area (Å²) in [4.78, 5) is 2.34. The van der Waals surface area contributed by atoms with Gasteiger partial charge in [0, 0.05) is 33.1 Å². The van der Waals surface area contributed by atoms with Gasteiger partial charge in [-0.05, 0) is 59.5 Å². The molecule has 1 aliphatic rings. The average Bonchev–Trinajstić information content (AvgIpc) is 3.21. The van der Waals surface area contributed by atoms with E-state index in [-0.39, 0.29) is 0 Å². The van der Waals surface area contributed by atoms with Crippen molar-refractivity contribution < 1.29 is 0 Å². The summed E-state index contributed by atoms with van der Waals surface area (Å²) in [5, 5.41) is 2.61. The minimum atomic E-state index is 0.778. The Kier molecular flexibility index (Phi) is 5.85. The summed E-state index contributed by atoms with van der Waals surface area (Å²) in [6, 6.07) is 28.0. The van der Waals surface area contributed by atoms with Gasteiger partial charge in [-0.3, -0.25) is 0 Å². The van der Waals surface area contributed by atoms with Gasteiger partial charge < -0.3 is 4.90 Å². The Morgan fingerprint density at radius 2 is 1.55 bits per heavy atom. The van der Waals surface area contributed by atoms with Crippen LogP contribution in [0.5, 0.6) is 0 Å². The number of nitrogens with zero attached hydrogens (tertiary/aromatic N) is 1. The maximum absolute atomic E-state index is 4.41. The first-order valence-corrected chi connectivity index (χ1v) is 12.1. The van der Waals surface area contributed by atoms with Gasteiger partial charge in [0.15, 0.2) is 0 Å². The molecule has 0 atom stereocenters. The van der Waals surface area contributed by atoms with E-state index in [2.05, 4.69) is 129 Å². The van der Waals surface area contributed by atoms with Crippen molar-refractivity contribution in [1.29, 1.82) is 0 Å². The molecule has 5 rings (SSSR count). The Hall–Kier alpha value is -3.62. The molecule has 0 radical (unpaired) electrons. The van der Waals surface area contributed by atoms with Crippen molar-refractivity contribution in [2.45, 2.75) is 13.8 Å². The van der Waals surface area contributed by atoms with Crippen LogP contribution >= 0.6 is 11.3 Å². The summed E-state index contributed by atoms with van der Waals surface area (Å²) in [5.41, 5.74) is 7.07. The Balaban J connectivity index is 1.76. The Bertz CT molecular complexity index is 1500. The van der Waals surface area contributed by atoms with Crippen molar-refractivity contribution in [1.82, 2.24) is 0 Å². The van der Waals surface area contributed by atoms with Crippen LogP contribution in [-0.2, 0) is 0 Å². The first-order chi connectivity index (χ1) is 16.1. The molecule has 0 aliphatic carbocycles. The second-order valence-electron chi connectivity index (χ2n) is 8.47. The summed E-state index contributed by atoms with van der Waals surface area (Å²) in [5.74, 6) is 0. The molecule has 2 heteroatoms. The van der Waals surface area contributed by atoms with E-state index in [0.29, 0.717) is 0 Å². The van der Waals surface area contributed by atoms with Crippen LogP contribution in [0.3, 0.4) is 0 Å². The molecule has 0 amide bonds. The fourth-order valence-corrected chi connectivity index (χ4v) is 5.42. The predicted octanol–water partition coefficient (Wildman–Crippen LogP) is 6.83. The van der Waals surface area contributed by atoms with Gasteiger partial charge in [0.2, 0.25) is 0 Å². The van der Waals surface area contributed by atoms with E-state index in [1.165, 1.54) is 42.2 Å². The highest BCUT2D eigenvalue weighted by atomic mass is 32.1. The van der Waals surface area contributed by atoms with Crippen molar-refractivity contribution in [2.24, 2.45) is 0 Å². The highest BCUT2D eigenvalue weighted by Crippen LogP contribution is 2.24. The third-order valence-corrected chi connectivity index (χ3v) is 7.49. The van der Waals surface area contributed by atoms with Crippen LogP contribution in [0.2, 0.25) is 0 Å². The molecule has 2 heterocycles. The summed E-state index contributed by atoms with van der Waals surface area (Å²) in [6.07, 6.45) is 8.98. The summed E-state index contributed by atoms with van der Waals surface area (Å²) in [7, 11) is 0. The van der Waals surface area contributed by atoms with Crippen LogP contribution in [0.25, 0.3) is 27.3 Å². The van der Waals surface area contributed by atoms with Crippen LogP contribution in [0.4, 0.5) is 5.69 Å². The van der Waals surface area contributed by atoms with Gasteiger partial charge in [0.1, 0.15) is 0 Å². The van der Waals surface area contributed by atoms with Gasteiger partial charge in [-0.15, -0.1) is 11.3 Å². The fourth-order valence-electron chi connectivity index (χ4n) is 4.18. The summed E-state index contributed by atoms with van der Waals surface area (Å²) < 4.78 is 2.62. The van der Waals surface area contributed by atoms with Gasteiger partial charge in [-0.25, -0.2) is 0 Å². The smallest absolute Gasteiger partial charge is 0.0415 e. The second-order valence-corrected chi connectivity index (χ2v) is 9.52. The van der Waals surface area contributed by atoms with Crippen molar-refractivity contribution in [3.8, 4) is 0 Å². The lowest BCUT2D eigenvalue weighted by Crippen LogP contribution is -2.25. The number of anilines is 1. The Labute approximate surface area is 199 Å². The lowest BCUT2D eigenvalue weighted by molar-refractivity contribution is 1.12. The van der Waals surface area contributed by atoms with Crippen molar-refractivity contribution in [3.63, 3.8) is 0 Å². The van der Waals surface area contributed by atoms with Crippen LogP contribution in [0.15, 0.2) is 109 Å². The summed E-state index contributed by atoms with van der Waals surface area (Å²) >= 11 is 1.85. The van der Waals surface area contributed by atoms with Gasteiger partial charge in [0.25, 0.3) is 0 Å². The van der Waals surface area contributed by atoms with Crippen LogP contribution in [0, 0.1) is 6.92 Å². The zero-order valence-corrected chi connectivity index (χ0v) is 19.9. The molecule has 1 aromatic heterocycles. The van der Waals surface area contributed by atoms with Crippen LogP contribution in [-0.4, -0.2) is 6.54 Å². The quantitative estimate of drug-likeness (QED) is 0.327. The molecule has 0 unspecified atom stereocenters. The monoisotopic (exact) mass is 445 g/mol. The molecule has 1 aliphatic heterocycles. The van der Waals surface area contributed by atoms with Crippen molar-refractivity contribution in [2.75, 3.05) is 11.4 Å². The third kappa shape index (κ3) is 4.35. The van der Waals surface area contributed by atoms with E-state index in [9.17, 15) is 0 Å². The van der Waals surface area contributed by atoms with Crippen molar-refractivity contribution >= 4 is 44.3 Å². The lowest BCUT2D eigenvalue weighted by Gasteiger charge is -2.21. The maximum atomic E-state index is 4.41. The van der Waals surface area contributed by atoms with Gasteiger partial charge in [0.05, 0.1) is 0 Å². The minimum absolute atomic E-state index is 0.778. The first kappa shape index (κ1) is 21.2. The molecule has 0 saturated heterocycles. The molecular formula is C31H27NS. The number of rotatable bonds is 2. The maximum Gasteiger partial charge on any atom is 0.0415 e.